The van der Waals surface area contributed by atoms with E-state index in [1.165, 1.54) is 0 Å². The molecular formula is C19H22N2O2. The highest BCUT2D eigenvalue weighted by Gasteiger charge is 2.08. The minimum atomic E-state index is -0.285. The SMILES string of the molecule is Cc1cccc(/C=N/NC(=O)COc2ccccc2C(C)C)c1. The van der Waals surface area contributed by atoms with Crippen LogP contribution in [0.5, 0.6) is 5.75 Å². The zero-order valence-electron chi connectivity index (χ0n) is 13.7. The van der Waals surface area contributed by atoms with Crippen LogP contribution in [0.2, 0.25) is 0 Å². The van der Waals surface area contributed by atoms with Gasteiger partial charge in [0, 0.05) is 0 Å². The lowest BCUT2D eigenvalue weighted by Gasteiger charge is -2.12. The number of nitrogens with zero attached hydrogens (tertiary/aromatic N) is 1. The van der Waals surface area contributed by atoms with Gasteiger partial charge >= 0.3 is 0 Å². The summed E-state index contributed by atoms with van der Waals surface area (Å²) in [7, 11) is 0. The smallest absolute Gasteiger partial charge is 0.277 e. The molecule has 0 unspecified atom stereocenters. The second kappa shape index (κ2) is 8.13. The van der Waals surface area contributed by atoms with Crippen molar-refractivity contribution >= 4 is 12.1 Å². The number of benzene rings is 2. The van der Waals surface area contributed by atoms with Gasteiger partial charge in [-0.15, -0.1) is 0 Å². The van der Waals surface area contributed by atoms with Crippen LogP contribution in [0.3, 0.4) is 0 Å². The summed E-state index contributed by atoms with van der Waals surface area (Å²) in [6.45, 7) is 6.13. The summed E-state index contributed by atoms with van der Waals surface area (Å²) in [5.74, 6) is 0.793. The van der Waals surface area contributed by atoms with E-state index in [0.717, 1.165) is 22.4 Å². The third-order valence-electron chi connectivity index (χ3n) is 3.34. The van der Waals surface area contributed by atoms with Crippen molar-refractivity contribution in [2.75, 3.05) is 6.61 Å². The fourth-order valence-electron chi connectivity index (χ4n) is 2.19. The normalized spacial score (nSPS) is 11.0. The van der Waals surface area contributed by atoms with Crippen molar-refractivity contribution in [3.63, 3.8) is 0 Å². The van der Waals surface area contributed by atoms with E-state index < -0.39 is 0 Å². The highest BCUT2D eigenvalue weighted by Crippen LogP contribution is 2.25. The molecule has 0 aromatic heterocycles. The Morgan fingerprint density at radius 2 is 2.00 bits per heavy atom. The molecule has 0 saturated heterocycles. The maximum absolute atomic E-state index is 11.8. The topological polar surface area (TPSA) is 50.7 Å². The summed E-state index contributed by atoms with van der Waals surface area (Å²) in [6, 6.07) is 15.6. The van der Waals surface area contributed by atoms with Crippen molar-refractivity contribution in [2.45, 2.75) is 26.7 Å². The Bertz CT molecular complexity index is 693. The van der Waals surface area contributed by atoms with Gasteiger partial charge in [-0.1, -0.05) is 61.9 Å². The number of hydrogen-bond donors (Lipinski definition) is 1. The first-order valence-corrected chi connectivity index (χ1v) is 7.66. The van der Waals surface area contributed by atoms with Crippen LogP contribution in [-0.4, -0.2) is 18.7 Å². The molecule has 0 bridgehead atoms. The Labute approximate surface area is 137 Å². The third kappa shape index (κ3) is 5.25. The average molecular weight is 310 g/mol. The molecule has 0 fully saturated rings. The summed E-state index contributed by atoms with van der Waals surface area (Å²) in [4.78, 5) is 11.8. The second-order valence-corrected chi connectivity index (χ2v) is 5.69. The Morgan fingerprint density at radius 1 is 1.22 bits per heavy atom. The molecule has 1 amide bonds. The van der Waals surface area contributed by atoms with Gasteiger partial charge < -0.3 is 4.74 Å². The van der Waals surface area contributed by atoms with Gasteiger partial charge in [0.25, 0.3) is 5.91 Å². The summed E-state index contributed by atoms with van der Waals surface area (Å²) in [5.41, 5.74) is 5.65. The molecule has 1 N–H and O–H groups in total. The number of para-hydroxylation sites is 1. The van der Waals surface area contributed by atoms with Gasteiger partial charge in [0.15, 0.2) is 6.61 Å². The molecule has 0 heterocycles. The molecule has 0 spiro atoms. The van der Waals surface area contributed by atoms with Crippen molar-refractivity contribution in [3.8, 4) is 5.75 Å². The number of carbonyl (C=O) groups excluding carboxylic acids is 1. The van der Waals surface area contributed by atoms with E-state index in [1.807, 2.05) is 55.5 Å². The molecule has 0 aliphatic heterocycles. The lowest BCUT2D eigenvalue weighted by Crippen LogP contribution is -2.24. The van der Waals surface area contributed by atoms with Crippen LogP contribution in [-0.2, 0) is 4.79 Å². The zero-order chi connectivity index (χ0) is 16.7. The van der Waals surface area contributed by atoms with E-state index in [0.29, 0.717) is 5.92 Å². The monoisotopic (exact) mass is 310 g/mol. The quantitative estimate of drug-likeness (QED) is 0.654. The number of hydrazone groups is 1. The largest absolute Gasteiger partial charge is 0.483 e. The van der Waals surface area contributed by atoms with E-state index in [1.54, 1.807) is 6.21 Å². The summed E-state index contributed by atoms with van der Waals surface area (Å²) in [5, 5.41) is 3.95. The molecule has 2 aromatic carbocycles. The molecule has 4 nitrogen and oxygen atoms in total. The molecule has 23 heavy (non-hydrogen) atoms. The molecule has 0 radical (unpaired) electrons. The molecule has 0 aliphatic rings. The molecule has 4 heteroatoms. The molecular weight excluding hydrogens is 288 g/mol. The Balaban J connectivity index is 1.86. The first-order chi connectivity index (χ1) is 11.1. The Hall–Kier alpha value is -2.62. The number of carbonyl (C=O) groups is 1. The van der Waals surface area contributed by atoms with Crippen LogP contribution in [0.25, 0.3) is 0 Å². The predicted molar refractivity (Wildman–Crippen MR) is 92.9 cm³/mol. The number of amides is 1. The van der Waals surface area contributed by atoms with Gasteiger partial charge in [-0.25, -0.2) is 5.43 Å². The molecule has 0 atom stereocenters. The first-order valence-electron chi connectivity index (χ1n) is 7.66. The second-order valence-electron chi connectivity index (χ2n) is 5.69. The summed E-state index contributed by atoms with van der Waals surface area (Å²) < 4.78 is 5.60. The van der Waals surface area contributed by atoms with E-state index in [-0.39, 0.29) is 12.5 Å². The highest BCUT2D eigenvalue weighted by atomic mass is 16.5. The molecule has 2 rings (SSSR count). The van der Waals surface area contributed by atoms with E-state index >= 15 is 0 Å². The van der Waals surface area contributed by atoms with Crippen LogP contribution >= 0.6 is 0 Å². The lowest BCUT2D eigenvalue weighted by molar-refractivity contribution is -0.123. The summed E-state index contributed by atoms with van der Waals surface area (Å²) >= 11 is 0. The fourth-order valence-corrected chi connectivity index (χ4v) is 2.19. The first kappa shape index (κ1) is 16.7. The number of rotatable bonds is 6. The van der Waals surface area contributed by atoms with Crippen molar-refractivity contribution in [3.05, 3.63) is 65.2 Å². The summed E-state index contributed by atoms with van der Waals surface area (Å²) in [6.07, 6.45) is 1.62. The van der Waals surface area contributed by atoms with Crippen LogP contribution in [0.15, 0.2) is 53.6 Å². The van der Waals surface area contributed by atoms with Crippen LogP contribution in [0.1, 0.15) is 36.5 Å². The van der Waals surface area contributed by atoms with Gasteiger partial charge in [0.1, 0.15) is 5.75 Å². The van der Waals surface area contributed by atoms with E-state index in [2.05, 4.69) is 24.4 Å². The van der Waals surface area contributed by atoms with E-state index in [9.17, 15) is 4.79 Å². The molecule has 0 aliphatic carbocycles. The predicted octanol–water partition coefficient (Wildman–Crippen LogP) is 3.65. The Kier molecular flexibility index (Phi) is 5.92. The standard InChI is InChI=1S/C19H22N2O2/c1-14(2)17-9-4-5-10-18(17)23-13-19(22)21-20-12-16-8-6-7-15(3)11-16/h4-12,14H,13H2,1-3H3,(H,21,22)/b20-12+. The highest BCUT2D eigenvalue weighted by molar-refractivity contribution is 5.83. The number of hydrogen-bond acceptors (Lipinski definition) is 3. The average Bonchev–Trinajstić information content (AvgIpc) is 2.53. The van der Waals surface area contributed by atoms with Crippen LogP contribution in [0, 0.1) is 6.92 Å². The number of nitrogens with one attached hydrogen (secondary N) is 1. The minimum absolute atomic E-state index is 0.0606. The van der Waals surface area contributed by atoms with Gasteiger partial charge in [-0.05, 0) is 30.0 Å². The lowest BCUT2D eigenvalue weighted by atomic mass is 10.0. The molecule has 120 valence electrons. The van der Waals surface area contributed by atoms with Gasteiger partial charge in [-0.2, -0.15) is 5.10 Å². The molecule has 2 aromatic rings. The number of ether oxygens (including phenoxy) is 1. The van der Waals surface area contributed by atoms with Crippen molar-refractivity contribution in [1.29, 1.82) is 0 Å². The van der Waals surface area contributed by atoms with Crippen molar-refractivity contribution in [1.82, 2.24) is 5.43 Å². The van der Waals surface area contributed by atoms with E-state index in [4.69, 9.17) is 4.74 Å². The zero-order valence-corrected chi connectivity index (χ0v) is 13.7. The maximum Gasteiger partial charge on any atom is 0.277 e. The van der Waals surface area contributed by atoms with Crippen molar-refractivity contribution in [2.24, 2.45) is 5.10 Å². The maximum atomic E-state index is 11.8. The van der Waals surface area contributed by atoms with Crippen LogP contribution in [0.4, 0.5) is 0 Å². The van der Waals surface area contributed by atoms with Crippen molar-refractivity contribution < 1.29 is 9.53 Å². The molecule has 0 saturated carbocycles. The van der Waals surface area contributed by atoms with Crippen LogP contribution < -0.4 is 10.2 Å². The minimum Gasteiger partial charge on any atom is -0.483 e. The van der Waals surface area contributed by atoms with Gasteiger partial charge in [-0.3, -0.25) is 4.79 Å². The number of aryl methyl sites for hydroxylation is 1. The van der Waals surface area contributed by atoms with Gasteiger partial charge in [0.05, 0.1) is 6.21 Å². The Morgan fingerprint density at radius 3 is 2.74 bits per heavy atom. The third-order valence-corrected chi connectivity index (χ3v) is 3.34. The van der Waals surface area contributed by atoms with Gasteiger partial charge in [0.2, 0.25) is 0 Å². The fraction of sp³-hybridized carbons (Fsp3) is 0.263.